The predicted molar refractivity (Wildman–Crippen MR) is 82.1 cm³/mol. The number of ether oxygens (including phenoxy) is 1. The molecule has 0 bridgehead atoms. The van der Waals surface area contributed by atoms with E-state index < -0.39 is 0 Å². The summed E-state index contributed by atoms with van der Waals surface area (Å²) < 4.78 is 5.52. The summed E-state index contributed by atoms with van der Waals surface area (Å²) in [5, 5.41) is 26.3. The molecule has 1 aromatic heterocycles. The average molecular weight is 288 g/mol. The van der Waals surface area contributed by atoms with Crippen molar-refractivity contribution in [1.82, 2.24) is 10.2 Å². The number of benzene rings is 2. The van der Waals surface area contributed by atoms with Crippen LogP contribution >= 0.6 is 0 Å². The van der Waals surface area contributed by atoms with Gasteiger partial charge in [0.1, 0.15) is 17.5 Å². The number of hydrogen-bond donors (Lipinski definition) is 1. The van der Waals surface area contributed by atoms with Crippen molar-refractivity contribution in [3.8, 4) is 29.1 Å². The number of rotatable bonds is 3. The molecule has 22 heavy (non-hydrogen) atoms. The van der Waals surface area contributed by atoms with Gasteiger partial charge >= 0.3 is 0 Å². The topological polar surface area (TPSA) is 85.5 Å². The number of fused-ring (bicyclic) bond motifs is 1. The van der Waals surface area contributed by atoms with E-state index in [1.807, 2.05) is 25.1 Å². The van der Waals surface area contributed by atoms with Crippen LogP contribution in [-0.4, -0.2) is 16.8 Å². The van der Waals surface area contributed by atoms with Crippen molar-refractivity contribution in [1.29, 1.82) is 10.5 Å². The Morgan fingerprint density at radius 1 is 1.18 bits per heavy atom. The van der Waals surface area contributed by atoms with Gasteiger partial charge in [-0.15, -0.1) is 0 Å². The maximum atomic E-state index is 9.20. The Labute approximate surface area is 127 Å². The van der Waals surface area contributed by atoms with Gasteiger partial charge in [0.05, 0.1) is 29.3 Å². The van der Waals surface area contributed by atoms with E-state index in [4.69, 9.17) is 10.00 Å². The minimum atomic E-state index is 0.468. The van der Waals surface area contributed by atoms with Gasteiger partial charge in [0, 0.05) is 10.9 Å². The largest absolute Gasteiger partial charge is 0.492 e. The lowest BCUT2D eigenvalue weighted by molar-refractivity contribution is 0.340. The van der Waals surface area contributed by atoms with E-state index in [1.165, 1.54) is 0 Å². The summed E-state index contributed by atoms with van der Waals surface area (Å²) in [5.41, 5.74) is 3.38. The van der Waals surface area contributed by atoms with Crippen LogP contribution in [0.2, 0.25) is 0 Å². The van der Waals surface area contributed by atoms with Crippen LogP contribution in [0.1, 0.15) is 18.1 Å². The Bertz CT molecular complexity index is 928. The molecule has 0 saturated heterocycles. The highest BCUT2D eigenvalue weighted by Gasteiger charge is 2.13. The summed E-state index contributed by atoms with van der Waals surface area (Å²) in [5.74, 6) is 0.539. The zero-order valence-electron chi connectivity index (χ0n) is 11.9. The molecule has 0 spiro atoms. The molecule has 1 heterocycles. The first-order chi connectivity index (χ1) is 10.8. The van der Waals surface area contributed by atoms with Crippen LogP contribution in [0, 0.1) is 22.7 Å². The van der Waals surface area contributed by atoms with Crippen LogP contribution in [-0.2, 0) is 0 Å². The molecular formula is C17H12N4O. The van der Waals surface area contributed by atoms with Gasteiger partial charge < -0.3 is 4.74 Å². The highest BCUT2D eigenvalue weighted by molar-refractivity contribution is 5.95. The minimum Gasteiger partial charge on any atom is -0.492 e. The van der Waals surface area contributed by atoms with Gasteiger partial charge in [0.2, 0.25) is 0 Å². The molecule has 0 amide bonds. The van der Waals surface area contributed by atoms with Crippen molar-refractivity contribution in [2.24, 2.45) is 0 Å². The maximum absolute atomic E-state index is 9.20. The molecule has 0 radical (unpaired) electrons. The molecule has 5 heteroatoms. The molecule has 0 saturated carbocycles. The predicted octanol–water partition coefficient (Wildman–Crippen LogP) is 3.37. The third-order valence-corrected chi connectivity index (χ3v) is 3.35. The van der Waals surface area contributed by atoms with Crippen molar-refractivity contribution < 1.29 is 4.74 Å². The van der Waals surface area contributed by atoms with Crippen molar-refractivity contribution in [2.45, 2.75) is 6.92 Å². The standard InChI is InChI=1S/C17H12N4O/c1-2-22-16-8-14-15(7-13(16)10-19)20-21-17(14)12-5-3-4-11(6-12)9-18/h3-8H,2H2,1H3,(H,20,21). The van der Waals surface area contributed by atoms with Gasteiger partial charge in [-0.25, -0.2) is 0 Å². The van der Waals surface area contributed by atoms with Gasteiger partial charge in [0.15, 0.2) is 0 Å². The van der Waals surface area contributed by atoms with Gasteiger partial charge in [-0.2, -0.15) is 15.6 Å². The number of hydrogen-bond acceptors (Lipinski definition) is 4. The number of aromatic nitrogens is 2. The first kappa shape index (κ1) is 13.7. The van der Waals surface area contributed by atoms with E-state index in [9.17, 15) is 5.26 Å². The van der Waals surface area contributed by atoms with E-state index in [1.54, 1.807) is 18.2 Å². The van der Waals surface area contributed by atoms with E-state index in [0.29, 0.717) is 23.5 Å². The van der Waals surface area contributed by atoms with Crippen LogP contribution in [0.15, 0.2) is 36.4 Å². The lowest BCUT2D eigenvalue weighted by atomic mass is 10.0. The van der Waals surface area contributed by atoms with Crippen molar-refractivity contribution in [3.05, 3.63) is 47.5 Å². The molecule has 1 N–H and O–H groups in total. The van der Waals surface area contributed by atoms with Gasteiger partial charge in [-0.05, 0) is 31.2 Å². The summed E-state index contributed by atoms with van der Waals surface area (Å²) in [6.07, 6.45) is 0. The van der Waals surface area contributed by atoms with Crippen LogP contribution in [0.25, 0.3) is 22.2 Å². The average Bonchev–Trinajstić information content (AvgIpc) is 2.97. The highest BCUT2D eigenvalue weighted by atomic mass is 16.5. The smallest absolute Gasteiger partial charge is 0.137 e. The van der Waals surface area contributed by atoms with Crippen LogP contribution in [0.3, 0.4) is 0 Å². The number of aromatic amines is 1. The molecule has 0 atom stereocenters. The number of nitriles is 2. The Morgan fingerprint density at radius 3 is 2.77 bits per heavy atom. The summed E-state index contributed by atoms with van der Waals surface area (Å²) in [6, 6.07) is 15.0. The molecule has 3 aromatic rings. The molecule has 5 nitrogen and oxygen atoms in total. The Balaban J connectivity index is 2.21. The fourth-order valence-electron chi connectivity index (χ4n) is 2.36. The fourth-order valence-corrected chi connectivity index (χ4v) is 2.36. The monoisotopic (exact) mass is 288 g/mol. The first-order valence-corrected chi connectivity index (χ1v) is 6.82. The molecule has 0 aliphatic carbocycles. The number of H-pyrrole nitrogens is 1. The van der Waals surface area contributed by atoms with E-state index in [2.05, 4.69) is 22.3 Å². The van der Waals surface area contributed by atoms with Crippen LogP contribution in [0.4, 0.5) is 0 Å². The number of nitrogens with one attached hydrogen (secondary N) is 1. The molecule has 2 aromatic carbocycles. The Morgan fingerprint density at radius 2 is 2.05 bits per heavy atom. The summed E-state index contributed by atoms with van der Waals surface area (Å²) >= 11 is 0. The van der Waals surface area contributed by atoms with Crippen molar-refractivity contribution in [2.75, 3.05) is 6.61 Å². The zero-order valence-corrected chi connectivity index (χ0v) is 11.9. The van der Waals surface area contributed by atoms with Crippen molar-refractivity contribution >= 4 is 10.9 Å². The number of nitrogens with zero attached hydrogens (tertiary/aromatic N) is 3. The third kappa shape index (κ3) is 2.25. The molecule has 3 rings (SSSR count). The summed E-state index contributed by atoms with van der Waals surface area (Å²) in [7, 11) is 0. The lowest BCUT2D eigenvalue weighted by Crippen LogP contribution is -1.94. The second kappa shape index (κ2) is 5.59. The van der Waals surface area contributed by atoms with Gasteiger partial charge in [0.25, 0.3) is 0 Å². The molecule has 0 unspecified atom stereocenters. The minimum absolute atomic E-state index is 0.468. The molecular weight excluding hydrogens is 276 g/mol. The van der Waals surface area contributed by atoms with Crippen molar-refractivity contribution in [3.63, 3.8) is 0 Å². The second-order valence-electron chi connectivity index (χ2n) is 4.70. The van der Waals surface area contributed by atoms with E-state index in [-0.39, 0.29) is 0 Å². The van der Waals surface area contributed by atoms with Gasteiger partial charge in [-0.3, -0.25) is 5.10 Å². The van der Waals surface area contributed by atoms with E-state index in [0.717, 1.165) is 22.2 Å². The summed E-state index contributed by atoms with van der Waals surface area (Å²) in [4.78, 5) is 0. The Kier molecular flexibility index (Phi) is 3.47. The third-order valence-electron chi connectivity index (χ3n) is 3.35. The Hall–Kier alpha value is -3.31. The zero-order chi connectivity index (χ0) is 15.5. The van der Waals surface area contributed by atoms with E-state index >= 15 is 0 Å². The van der Waals surface area contributed by atoms with Gasteiger partial charge in [-0.1, -0.05) is 12.1 Å². The second-order valence-corrected chi connectivity index (χ2v) is 4.70. The molecule has 0 aliphatic heterocycles. The quantitative estimate of drug-likeness (QED) is 0.800. The molecule has 0 fully saturated rings. The van der Waals surface area contributed by atoms with Crippen LogP contribution in [0.5, 0.6) is 5.75 Å². The molecule has 0 aliphatic rings. The normalized spacial score (nSPS) is 10.1. The lowest BCUT2D eigenvalue weighted by Gasteiger charge is -2.06. The SMILES string of the molecule is CCOc1cc2c(-c3cccc(C#N)c3)n[nH]c2cc1C#N. The summed E-state index contributed by atoms with van der Waals surface area (Å²) in [6.45, 7) is 2.36. The first-order valence-electron chi connectivity index (χ1n) is 6.82. The van der Waals surface area contributed by atoms with Crippen LogP contribution < -0.4 is 4.74 Å². The fraction of sp³-hybridized carbons (Fsp3) is 0.118. The molecule has 106 valence electrons. The maximum Gasteiger partial charge on any atom is 0.137 e. The highest BCUT2D eigenvalue weighted by Crippen LogP contribution is 2.31.